The van der Waals surface area contributed by atoms with E-state index in [4.69, 9.17) is 11.6 Å². The number of aromatic nitrogens is 2. The largest absolute Gasteiger partial charge is 0.350 e. The van der Waals surface area contributed by atoms with E-state index in [1.807, 2.05) is 56.6 Å². The maximum atomic E-state index is 12.5. The van der Waals surface area contributed by atoms with Crippen LogP contribution in [-0.2, 0) is 6.54 Å². The summed E-state index contributed by atoms with van der Waals surface area (Å²) in [6.45, 7) is 1.04. The van der Waals surface area contributed by atoms with E-state index >= 15 is 0 Å². The van der Waals surface area contributed by atoms with Crippen LogP contribution in [0.4, 0.5) is 0 Å². The van der Waals surface area contributed by atoms with Crippen LogP contribution in [0, 0.1) is 0 Å². The first-order chi connectivity index (χ1) is 13.0. The molecule has 0 spiro atoms. The second-order valence-corrected chi connectivity index (χ2v) is 7.03. The number of carbonyl (C=O) groups is 1. The summed E-state index contributed by atoms with van der Waals surface area (Å²) in [7, 11) is 4.01. The zero-order valence-corrected chi connectivity index (χ0v) is 16.2. The van der Waals surface area contributed by atoms with E-state index < -0.39 is 0 Å². The van der Waals surface area contributed by atoms with Gasteiger partial charge in [0.2, 0.25) is 0 Å². The van der Waals surface area contributed by atoms with Crippen LogP contribution in [0.3, 0.4) is 0 Å². The summed E-state index contributed by atoms with van der Waals surface area (Å²) in [6.07, 6.45) is 3.32. The highest BCUT2D eigenvalue weighted by Gasteiger charge is 2.16. The van der Waals surface area contributed by atoms with Gasteiger partial charge in [0, 0.05) is 17.8 Å². The van der Waals surface area contributed by atoms with Crippen molar-refractivity contribution in [2.45, 2.75) is 12.6 Å². The molecule has 0 saturated heterocycles. The van der Waals surface area contributed by atoms with E-state index in [-0.39, 0.29) is 11.9 Å². The van der Waals surface area contributed by atoms with E-state index in [0.29, 0.717) is 23.7 Å². The molecule has 1 N–H and O–H groups in total. The topological polar surface area (TPSA) is 50.2 Å². The predicted molar refractivity (Wildman–Crippen MR) is 108 cm³/mol. The van der Waals surface area contributed by atoms with Crippen LogP contribution in [0.2, 0.25) is 5.02 Å². The third kappa shape index (κ3) is 4.96. The van der Waals surface area contributed by atoms with E-state index in [0.717, 1.165) is 11.1 Å². The molecular formula is C21H23ClN4O. The molecule has 0 aliphatic carbocycles. The maximum Gasteiger partial charge on any atom is 0.254 e. The van der Waals surface area contributed by atoms with Gasteiger partial charge in [0.15, 0.2) is 0 Å². The van der Waals surface area contributed by atoms with Crippen molar-refractivity contribution >= 4 is 17.5 Å². The van der Waals surface area contributed by atoms with Gasteiger partial charge >= 0.3 is 0 Å². The van der Waals surface area contributed by atoms with E-state index in [1.54, 1.807) is 17.1 Å². The van der Waals surface area contributed by atoms with Crippen molar-refractivity contribution in [3.8, 4) is 0 Å². The van der Waals surface area contributed by atoms with Crippen molar-refractivity contribution in [1.29, 1.82) is 0 Å². The Kier molecular flexibility index (Phi) is 6.27. The zero-order chi connectivity index (χ0) is 19.2. The van der Waals surface area contributed by atoms with Crippen LogP contribution < -0.4 is 5.32 Å². The maximum absolute atomic E-state index is 12.5. The van der Waals surface area contributed by atoms with Gasteiger partial charge < -0.3 is 10.2 Å². The standard InChI is InChI=1S/C21H23ClN4O/c1-25(2)20(16-8-4-3-5-9-16)13-23-21(27)18-12-24-26(15-18)14-17-10-6-7-11-19(17)22/h3-12,15,20H,13-14H2,1-2H3,(H,23,27)/t20-/m1/s1. The molecule has 3 aromatic rings. The number of rotatable bonds is 7. The molecule has 0 radical (unpaired) electrons. The lowest BCUT2D eigenvalue weighted by Gasteiger charge is -2.25. The fraction of sp³-hybridized carbons (Fsp3) is 0.238. The first-order valence-electron chi connectivity index (χ1n) is 8.80. The quantitative estimate of drug-likeness (QED) is 0.679. The van der Waals surface area contributed by atoms with Crippen LogP contribution in [0.15, 0.2) is 67.0 Å². The minimum Gasteiger partial charge on any atom is -0.350 e. The molecule has 0 unspecified atom stereocenters. The molecule has 1 amide bonds. The number of nitrogens with one attached hydrogen (secondary N) is 1. The molecule has 0 fully saturated rings. The fourth-order valence-electron chi connectivity index (χ4n) is 2.93. The van der Waals surface area contributed by atoms with Gasteiger partial charge in [-0.3, -0.25) is 9.48 Å². The molecule has 0 aliphatic rings. The summed E-state index contributed by atoms with van der Waals surface area (Å²) >= 11 is 6.19. The number of hydrogen-bond donors (Lipinski definition) is 1. The minimum atomic E-state index is -0.136. The van der Waals surface area contributed by atoms with Gasteiger partial charge in [0.1, 0.15) is 0 Å². The van der Waals surface area contributed by atoms with Gasteiger partial charge in [0.05, 0.1) is 24.3 Å². The van der Waals surface area contributed by atoms with Crippen molar-refractivity contribution in [3.63, 3.8) is 0 Å². The van der Waals surface area contributed by atoms with Crippen LogP contribution in [-0.4, -0.2) is 41.2 Å². The first kappa shape index (κ1) is 19.1. The highest BCUT2D eigenvalue weighted by molar-refractivity contribution is 6.31. The van der Waals surface area contributed by atoms with Gasteiger partial charge in [0.25, 0.3) is 5.91 Å². The summed E-state index contributed by atoms with van der Waals surface area (Å²) in [5.74, 6) is -0.136. The molecule has 6 heteroatoms. The summed E-state index contributed by atoms with van der Waals surface area (Å²) in [4.78, 5) is 14.6. The van der Waals surface area contributed by atoms with Gasteiger partial charge in [-0.05, 0) is 31.3 Å². The number of likely N-dealkylation sites (N-methyl/N-ethyl adjacent to an activating group) is 1. The normalized spacial score (nSPS) is 12.1. The molecule has 1 aromatic heterocycles. The summed E-state index contributed by atoms with van der Waals surface area (Å²) in [5.41, 5.74) is 2.66. The highest BCUT2D eigenvalue weighted by Crippen LogP contribution is 2.18. The smallest absolute Gasteiger partial charge is 0.254 e. The Labute approximate surface area is 164 Å². The Hall–Kier alpha value is -2.63. The number of benzene rings is 2. The van der Waals surface area contributed by atoms with Crippen molar-refractivity contribution in [1.82, 2.24) is 20.0 Å². The minimum absolute atomic E-state index is 0.105. The molecule has 140 valence electrons. The van der Waals surface area contributed by atoms with Crippen LogP contribution in [0.1, 0.15) is 27.5 Å². The third-order valence-corrected chi connectivity index (χ3v) is 4.82. The Bertz CT molecular complexity index is 892. The number of hydrogen-bond acceptors (Lipinski definition) is 3. The average molecular weight is 383 g/mol. The summed E-state index contributed by atoms with van der Waals surface area (Å²) < 4.78 is 1.72. The Balaban J connectivity index is 1.63. The molecule has 1 atom stereocenters. The van der Waals surface area contributed by atoms with E-state index in [2.05, 4.69) is 27.4 Å². The number of nitrogens with zero attached hydrogens (tertiary/aromatic N) is 3. The Morgan fingerprint density at radius 1 is 1.15 bits per heavy atom. The summed E-state index contributed by atoms with van der Waals surface area (Å²) in [6, 6.07) is 17.9. The number of amides is 1. The van der Waals surface area contributed by atoms with E-state index in [9.17, 15) is 4.79 Å². The monoisotopic (exact) mass is 382 g/mol. The lowest BCUT2D eigenvalue weighted by molar-refractivity contribution is 0.0942. The third-order valence-electron chi connectivity index (χ3n) is 4.45. The number of halogens is 1. The Morgan fingerprint density at radius 2 is 1.85 bits per heavy atom. The molecule has 27 heavy (non-hydrogen) atoms. The molecule has 0 aliphatic heterocycles. The van der Waals surface area contributed by atoms with E-state index in [1.165, 1.54) is 0 Å². The molecule has 2 aromatic carbocycles. The highest BCUT2D eigenvalue weighted by atomic mass is 35.5. The lowest BCUT2D eigenvalue weighted by atomic mass is 10.1. The predicted octanol–water partition coefficient (Wildman–Crippen LogP) is 3.62. The second kappa shape index (κ2) is 8.84. The fourth-order valence-corrected chi connectivity index (χ4v) is 3.13. The molecule has 0 bridgehead atoms. The van der Waals surface area contributed by atoms with Gasteiger partial charge in [-0.2, -0.15) is 5.10 Å². The number of carbonyl (C=O) groups excluding carboxylic acids is 1. The second-order valence-electron chi connectivity index (χ2n) is 6.62. The van der Waals surface area contributed by atoms with Crippen molar-refractivity contribution in [3.05, 3.63) is 88.7 Å². The average Bonchev–Trinajstić information content (AvgIpc) is 3.13. The lowest BCUT2D eigenvalue weighted by Crippen LogP contribution is -2.34. The summed E-state index contributed by atoms with van der Waals surface area (Å²) in [5, 5.41) is 7.98. The first-order valence-corrected chi connectivity index (χ1v) is 9.18. The van der Waals surface area contributed by atoms with Crippen molar-refractivity contribution in [2.24, 2.45) is 0 Å². The van der Waals surface area contributed by atoms with Crippen molar-refractivity contribution in [2.75, 3.05) is 20.6 Å². The SMILES string of the molecule is CN(C)[C@H](CNC(=O)c1cnn(Cc2ccccc2Cl)c1)c1ccccc1. The molecule has 1 heterocycles. The van der Waals surface area contributed by atoms with Gasteiger partial charge in [-0.25, -0.2) is 0 Å². The molecule has 5 nitrogen and oxygen atoms in total. The Morgan fingerprint density at radius 3 is 2.56 bits per heavy atom. The van der Waals surface area contributed by atoms with Crippen LogP contribution in [0.5, 0.6) is 0 Å². The van der Waals surface area contributed by atoms with Crippen LogP contribution in [0.25, 0.3) is 0 Å². The molecule has 3 rings (SSSR count). The zero-order valence-electron chi connectivity index (χ0n) is 15.5. The molecule has 0 saturated carbocycles. The van der Waals surface area contributed by atoms with Crippen molar-refractivity contribution < 1.29 is 4.79 Å². The van der Waals surface area contributed by atoms with Gasteiger partial charge in [-0.15, -0.1) is 0 Å². The molecular weight excluding hydrogens is 360 g/mol. The van der Waals surface area contributed by atoms with Crippen LogP contribution >= 0.6 is 11.6 Å². The van der Waals surface area contributed by atoms with Gasteiger partial charge in [-0.1, -0.05) is 60.1 Å².